The van der Waals surface area contributed by atoms with E-state index in [0.717, 1.165) is 5.56 Å². The Balaban J connectivity index is 1.50. The van der Waals surface area contributed by atoms with Crippen molar-refractivity contribution in [2.45, 2.75) is 17.8 Å². The Bertz CT molecular complexity index is 890. The molecular formula is C17H17N5O4S. The molecule has 0 saturated carbocycles. The second-order valence-electron chi connectivity index (χ2n) is 5.64. The summed E-state index contributed by atoms with van der Waals surface area (Å²) in [4.78, 5) is 10.3. The summed E-state index contributed by atoms with van der Waals surface area (Å²) >= 11 is 1.31. The van der Waals surface area contributed by atoms with Crippen LogP contribution < -0.4 is 4.74 Å². The average molecular weight is 387 g/mol. The lowest BCUT2D eigenvalue weighted by molar-refractivity contribution is -0.384. The molecule has 0 bridgehead atoms. The van der Waals surface area contributed by atoms with Crippen LogP contribution in [0.4, 0.5) is 5.69 Å². The summed E-state index contributed by atoms with van der Waals surface area (Å²) in [6.45, 7) is 0.546. The standard InChI is InChI=1S/C17H17N5O4S/c23-15(11-26-16-8-4-7-14(9-16)22(24)25)12-27-17-18-19-20-21(17)10-13-5-2-1-3-6-13/h1-9,15,23H,10-12H2. The van der Waals surface area contributed by atoms with Crippen molar-refractivity contribution in [1.82, 2.24) is 20.2 Å². The molecule has 1 aromatic heterocycles. The molecule has 0 fully saturated rings. The highest BCUT2D eigenvalue weighted by atomic mass is 32.2. The van der Waals surface area contributed by atoms with Gasteiger partial charge in [0.25, 0.3) is 5.69 Å². The van der Waals surface area contributed by atoms with Gasteiger partial charge in [-0.25, -0.2) is 4.68 Å². The van der Waals surface area contributed by atoms with Gasteiger partial charge in [-0.15, -0.1) is 5.10 Å². The Morgan fingerprint density at radius 2 is 2.04 bits per heavy atom. The fraction of sp³-hybridized carbons (Fsp3) is 0.235. The first-order valence-corrected chi connectivity index (χ1v) is 9.08. The molecule has 1 N–H and O–H groups in total. The van der Waals surface area contributed by atoms with Crippen molar-refractivity contribution < 1.29 is 14.8 Å². The van der Waals surface area contributed by atoms with Crippen LogP contribution in [0.25, 0.3) is 0 Å². The van der Waals surface area contributed by atoms with E-state index in [1.165, 1.54) is 30.0 Å². The molecule has 3 aromatic rings. The monoisotopic (exact) mass is 387 g/mol. The molecule has 1 atom stereocenters. The van der Waals surface area contributed by atoms with Crippen LogP contribution in [0.15, 0.2) is 59.8 Å². The number of rotatable bonds is 9. The third-order valence-electron chi connectivity index (χ3n) is 3.55. The molecule has 9 nitrogen and oxygen atoms in total. The number of hydrogen-bond donors (Lipinski definition) is 1. The van der Waals surface area contributed by atoms with E-state index in [-0.39, 0.29) is 12.3 Å². The number of aliphatic hydroxyl groups excluding tert-OH is 1. The number of non-ortho nitro benzene ring substituents is 1. The van der Waals surface area contributed by atoms with Crippen molar-refractivity contribution in [2.75, 3.05) is 12.4 Å². The maximum absolute atomic E-state index is 10.8. The molecule has 3 rings (SSSR count). The summed E-state index contributed by atoms with van der Waals surface area (Å²) in [6.07, 6.45) is -0.781. The van der Waals surface area contributed by atoms with E-state index in [9.17, 15) is 15.2 Å². The van der Waals surface area contributed by atoms with Crippen molar-refractivity contribution in [1.29, 1.82) is 0 Å². The summed E-state index contributed by atoms with van der Waals surface area (Å²) in [5, 5.41) is 33.1. The lowest BCUT2D eigenvalue weighted by Gasteiger charge is -2.12. The number of tetrazole rings is 1. The van der Waals surface area contributed by atoms with E-state index in [2.05, 4.69) is 15.5 Å². The molecule has 140 valence electrons. The minimum atomic E-state index is -0.781. The number of ether oxygens (including phenoxy) is 1. The molecule has 0 spiro atoms. The van der Waals surface area contributed by atoms with Crippen LogP contribution in [0.2, 0.25) is 0 Å². The van der Waals surface area contributed by atoms with Gasteiger partial charge in [0.2, 0.25) is 5.16 Å². The highest BCUT2D eigenvalue weighted by molar-refractivity contribution is 7.99. The smallest absolute Gasteiger partial charge is 0.273 e. The molecule has 0 aliphatic carbocycles. The SMILES string of the molecule is O=[N+]([O-])c1cccc(OCC(O)CSc2nnnn2Cc2ccccc2)c1. The molecular weight excluding hydrogens is 370 g/mol. The maximum Gasteiger partial charge on any atom is 0.273 e. The Kier molecular flexibility index (Phi) is 6.34. The van der Waals surface area contributed by atoms with E-state index in [1.54, 1.807) is 10.7 Å². The first-order valence-electron chi connectivity index (χ1n) is 8.10. The number of benzene rings is 2. The van der Waals surface area contributed by atoms with Gasteiger partial charge < -0.3 is 9.84 Å². The van der Waals surface area contributed by atoms with E-state index >= 15 is 0 Å². The minimum Gasteiger partial charge on any atom is -0.491 e. The summed E-state index contributed by atoms with van der Waals surface area (Å²) in [7, 11) is 0. The van der Waals surface area contributed by atoms with E-state index in [4.69, 9.17) is 4.74 Å². The van der Waals surface area contributed by atoms with Crippen molar-refractivity contribution in [3.8, 4) is 5.75 Å². The van der Waals surface area contributed by atoms with Gasteiger partial charge in [-0.2, -0.15) is 0 Å². The number of nitrogens with zero attached hydrogens (tertiary/aromatic N) is 5. The van der Waals surface area contributed by atoms with Crippen LogP contribution in [0.1, 0.15) is 5.56 Å². The largest absolute Gasteiger partial charge is 0.491 e. The molecule has 0 aliphatic rings. The fourth-order valence-electron chi connectivity index (χ4n) is 2.25. The van der Waals surface area contributed by atoms with Gasteiger partial charge >= 0.3 is 0 Å². The molecule has 0 amide bonds. The van der Waals surface area contributed by atoms with Crippen molar-refractivity contribution in [3.05, 3.63) is 70.3 Å². The zero-order chi connectivity index (χ0) is 19.1. The number of aliphatic hydroxyl groups is 1. The van der Waals surface area contributed by atoms with Gasteiger partial charge in [-0.05, 0) is 22.1 Å². The van der Waals surface area contributed by atoms with Crippen molar-refractivity contribution in [2.24, 2.45) is 0 Å². The van der Waals surface area contributed by atoms with Crippen LogP contribution in [0.3, 0.4) is 0 Å². The summed E-state index contributed by atoms with van der Waals surface area (Å²) < 4.78 is 7.09. The molecule has 1 heterocycles. The lowest BCUT2D eigenvalue weighted by atomic mass is 10.2. The average Bonchev–Trinajstić information content (AvgIpc) is 3.12. The minimum absolute atomic E-state index is 0.00835. The van der Waals surface area contributed by atoms with E-state index in [0.29, 0.717) is 23.2 Å². The Morgan fingerprint density at radius 3 is 2.81 bits per heavy atom. The molecule has 10 heteroatoms. The van der Waals surface area contributed by atoms with Gasteiger partial charge in [-0.3, -0.25) is 10.1 Å². The first-order chi connectivity index (χ1) is 13.1. The molecule has 1 unspecified atom stereocenters. The quantitative estimate of drug-likeness (QED) is 0.337. The normalized spacial score (nSPS) is 11.9. The van der Waals surface area contributed by atoms with Gasteiger partial charge in [0, 0.05) is 11.8 Å². The summed E-state index contributed by atoms with van der Waals surface area (Å²) in [5.74, 6) is 0.659. The van der Waals surface area contributed by atoms with Crippen molar-refractivity contribution >= 4 is 17.4 Å². The van der Waals surface area contributed by atoms with Gasteiger partial charge in [-0.1, -0.05) is 48.2 Å². The molecule has 27 heavy (non-hydrogen) atoms. The molecule has 0 aliphatic heterocycles. The zero-order valence-electron chi connectivity index (χ0n) is 14.2. The number of aromatic nitrogens is 4. The highest BCUT2D eigenvalue weighted by Gasteiger charge is 2.13. The molecule has 0 saturated heterocycles. The van der Waals surface area contributed by atoms with Crippen molar-refractivity contribution in [3.63, 3.8) is 0 Å². The van der Waals surface area contributed by atoms with E-state index < -0.39 is 11.0 Å². The third-order valence-corrected chi connectivity index (χ3v) is 4.65. The van der Waals surface area contributed by atoms with Gasteiger partial charge in [0.05, 0.1) is 23.6 Å². The second kappa shape index (κ2) is 9.10. The summed E-state index contributed by atoms with van der Waals surface area (Å²) in [5.41, 5.74) is 1.01. The number of hydrogen-bond acceptors (Lipinski definition) is 8. The highest BCUT2D eigenvalue weighted by Crippen LogP contribution is 2.20. The van der Waals surface area contributed by atoms with Crippen LogP contribution in [-0.4, -0.2) is 48.7 Å². The van der Waals surface area contributed by atoms with Gasteiger partial charge in [0.15, 0.2) is 0 Å². The third kappa shape index (κ3) is 5.50. The topological polar surface area (TPSA) is 116 Å². The Labute approximate surface area is 159 Å². The molecule has 2 aromatic carbocycles. The zero-order valence-corrected chi connectivity index (χ0v) is 15.0. The lowest BCUT2D eigenvalue weighted by Crippen LogP contribution is -2.20. The van der Waals surface area contributed by atoms with Crippen LogP contribution in [0.5, 0.6) is 5.75 Å². The van der Waals surface area contributed by atoms with Crippen LogP contribution in [0, 0.1) is 10.1 Å². The van der Waals surface area contributed by atoms with Crippen LogP contribution >= 0.6 is 11.8 Å². The van der Waals surface area contributed by atoms with Gasteiger partial charge in [0.1, 0.15) is 12.4 Å². The predicted molar refractivity (Wildman–Crippen MR) is 98.7 cm³/mol. The summed E-state index contributed by atoms with van der Waals surface area (Å²) in [6, 6.07) is 15.6. The van der Waals surface area contributed by atoms with E-state index in [1.807, 2.05) is 30.3 Å². The number of thioether (sulfide) groups is 1. The number of nitro groups is 1. The Morgan fingerprint density at radius 1 is 1.22 bits per heavy atom. The fourth-order valence-corrected chi connectivity index (χ4v) is 3.04. The number of nitro benzene ring substituents is 1. The Hall–Kier alpha value is -2.98. The second-order valence-corrected chi connectivity index (χ2v) is 6.62. The molecule has 0 radical (unpaired) electrons. The predicted octanol–water partition coefficient (Wildman–Crippen LogP) is 2.16. The maximum atomic E-state index is 10.8. The first kappa shape index (κ1) is 18.8. The van der Waals surface area contributed by atoms with Crippen LogP contribution in [-0.2, 0) is 6.54 Å².